The van der Waals surface area contributed by atoms with Crippen molar-refractivity contribution in [2.24, 2.45) is 0 Å². The molecule has 0 saturated carbocycles. The minimum absolute atomic E-state index is 0.0144. The second kappa shape index (κ2) is 7.98. The van der Waals surface area contributed by atoms with E-state index < -0.39 is 0 Å². The molecule has 1 aliphatic heterocycles. The van der Waals surface area contributed by atoms with E-state index in [0.717, 1.165) is 44.8 Å². The van der Waals surface area contributed by atoms with Gasteiger partial charge < -0.3 is 15.5 Å². The number of aromatic nitrogens is 1. The van der Waals surface area contributed by atoms with Crippen LogP contribution in [0.25, 0.3) is 0 Å². The molecule has 1 amide bonds. The number of piperidine rings is 1. The first kappa shape index (κ1) is 15.8. The molecule has 0 aromatic carbocycles. The van der Waals surface area contributed by atoms with Gasteiger partial charge >= 0.3 is 0 Å². The van der Waals surface area contributed by atoms with Gasteiger partial charge in [-0.15, -0.1) is 0 Å². The zero-order valence-corrected chi connectivity index (χ0v) is 13.1. The molecule has 0 spiro atoms. The van der Waals surface area contributed by atoms with Gasteiger partial charge in [-0.1, -0.05) is 6.92 Å². The molecule has 0 unspecified atom stereocenters. The predicted octanol–water partition coefficient (Wildman–Crippen LogP) is 2.12. The highest BCUT2D eigenvalue weighted by Crippen LogP contribution is 2.12. The fraction of sp³-hybridized carbons (Fsp3) is 0.625. The van der Waals surface area contributed by atoms with E-state index in [2.05, 4.69) is 27.4 Å². The topological polar surface area (TPSA) is 57.3 Å². The van der Waals surface area contributed by atoms with Gasteiger partial charge in [-0.2, -0.15) is 0 Å². The summed E-state index contributed by atoms with van der Waals surface area (Å²) in [6.45, 7) is 8.38. The first-order valence-corrected chi connectivity index (χ1v) is 7.96. The van der Waals surface area contributed by atoms with Gasteiger partial charge in [0.05, 0.1) is 5.56 Å². The zero-order valence-electron chi connectivity index (χ0n) is 13.1. The second-order valence-electron chi connectivity index (χ2n) is 5.55. The number of amides is 1. The van der Waals surface area contributed by atoms with E-state index in [-0.39, 0.29) is 5.91 Å². The summed E-state index contributed by atoms with van der Waals surface area (Å²) in [5, 5.41) is 6.25. The molecule has 2 heterocycles. The van der Waals surface area contributed by atoms with Crippen LogP contribution >= 0.6 is 0 Å². The van der Waals surface area contributed by atoms with Crippen LogP contribution < -0.4 is 10.6 Å². The molecule has 0 radical (unpaired) electrons. The van der Waals surface area contributed by atoms with Crippen LogP contribution in [0.1, 0.15) is 43.5 Å². The van der Waals surface area contributed by atoms with Crippen LogP contribution in [0.4, 0.5) is 5.82 Å². The number of hydrogen-bond donors (Lipinski definition) is 2. The molecule has 1 aliphatic rings. The Morgan fingerprint density at radius 3 is 2.67 bits per heavy atom. The molecule has 2 N–H and O–H groups in total. The molecule has 5 nitrogen and oxygen atoms in total. The van der Waals surface area contributed by atoms with Crippen LogP contribution in [0.5, 0.6) is 0 Å². The highest BCUT2D eigenvalue weighted by molar-refractivity contribution is 5.94. The summed E-state index contributed by atoms with van der Waals surface area (Å²) < 4.78 is 0. The smallest absolute Gasteiger partial charge is 0.253 e. The molecule has 1 aromatic heterocycles. The third kappa shape index (κ3) is 4.70. The van der Waals surface area contributed by atoms with Gasteiger partial charge in [-0.25, -0.2) is 4.98 Å². The summed E-state index contributed by atoms with van der Waals surface area (Å²) in [5.74, 6) is 0.793. The molecule has 21 heavy (non-hydrogen) atoms. The fourth-order valence-corrected chi connectivity index (χ4v) is 2.70. The van der Waals surface area contributed by atoms with E-state index in [4.69, 9.17) is 0 Å². The Bertz CT molecular complexity index is 438. The molecule has 116 valence electrons. The first-order valence-electron chi connectivity index (χ1n) is 7.96. The number of rotatable bonds is 6. The van der Waals surface area contributed by atoms with Crippen LogP contribution in [0.3, 0.4) is 0 Å². The minimum atomic E-state index is -0.0144. The van der Waals surface area contributed by atoms with Gasteiger partial charge in [0.1, 0.15) is 5.82 Å². The number of pyridine rings is 1. The van der Waals surface area contributed by atoms with Crippen LogP contribution in [0.2, 0.25) is 0 Å². The zero-order chi connectivity index (χ0) is 15.1. The molecule has 2 rings (SSSR count). The standard InChI is InChI=1S/C16H26N4O/c1-3-9-20-10-7-14(8-11-20)19-16(21)13-5-6-15(17-4-2)18-12-13/h5-6,12,14H,3-4,7-11H2,1-2H3,(H,17,18)(H,19,21). The van der Waals surface area contributed by atoms with E-state index in [9.17, 15) is 4.79 Å². The fourth-order valence-electron chi connectivity index (χ4n) is 2.70. The lowest BCUT2D eigenvalue weighted by Gasteiger charge is -2.32. The number of anilines is 1. The highest BCUT2D eigenvalue weighted by atomic mass is 16.1. The third-order valence-corrected chi connectivity index (χ3v) is 3.85. The maximum absolute atomic E-state index is 12.2. The minimum Gasteiger partial charge on any atom is -0.370 e. The van der Waals surface area contributed by atoms with Gasteiger partial charge in [0.2, 0.25) is 0 Å². The average Bonchev–Trinajstić information content (AvgIpc) is 2.50. The van der Waals surface area contributed by atoms with Gasteiger partial charge in [0.15, 0.2) is 0 Å². The quantitative estimate of drug-likeness (QED) is 0.842. The number of carbonyl (C=O) groups excluding carboxylic acids is 1. The summed E-state index contributed by atoms with van der Waals surface area (Å²) in [5.41, 5.74) is 0.632. The summed E-state index contributed by atoms with van der Waals surface area (Å²) >= 11 is 0. The molecule has 0 atom stereocenters. The molecule has 1 fully saturated rings. The summed E-state index contributed by atoms with van der Waals surface area (Å²) in [6.07, 6.45) is 4.91. The Morgan fingerprint density at radius 1 is 1.33 bits per heavy atom. The Kier molecular flexibility index (Phi) is 5.99. The molecule has 0 bridgehead atoms. The van der Waals surface area contributed by atoms with Crippen molar-refractivity contribution in [1.82, 2.24) is 15.2 Å². The van der Waals surface area contributed by atoms with Crippen molar-refractivity contribution in [2.75, 3.05) is 31.5 Å². The lowest BCUT2D eigenvalue weighted by molar-refractivity contribution is 0.0911. The molecular weight excluding hydrogens is 264 g/mol. The summed E-state index contributed by atoms with van der Waals surface area (Å²) in [4.78, 5) is 18.9. The third-order valence-electron chi connectivity index (χ3n) is 3.85. The Hall–Kier alpha value is -1.62. The van der Waals surface area contributed by atoms with Crippen LogP contribution in [0, 0.1) is 0 Å². The van der Waals surface area contributed by atoms with E-state index in [0.29, 0.717) is 11.6 Å². The highest BCUT2D eigenvalue weighted by Gasteiger charge is 2.20. The van der Waals surface area contributed by atoms with Crippen LogP contribution in [-0.2, 0) is 0 Å². The molecule has 1 saturated heterocycles. The van der Waals surface area contributed by atoms with Gasteiger partial charge in [-0.3, -0.25) is 4.79 Å². The largest absolute Gasteiger partial charge is 0.370 e. The van der Waals surface area contributed by atoms with Crippen molar-refractivity contribution >= 4 is 11.7 Å². The van der Waals surface area contributed by atoms with Gasteiger partial charge in [0.25, 0.3) is 5.91 Å². The maximum Gasteiger partial charge on any atom is 0.253 e. The maximum atomic E-state index is 12.2. The molecule has 0 aliphatic carbocycles. The monoisotopic (exact) mass is 290 g/mol. The Balaban J connectivity index is 1.81. The lowest BCUT2D eigenvalue weighted by Crippen LogP contribution is -2.44. The van der Waals surface area contributed by atoms with Crippen LogP contribution in [-0.4, -0.2) is 48.0 Å². The van der Waals surface area contributed by atoms with E-state index in [1.54, 1.807) is 6.20 Å². The van der Waals surface area contributed by atoms with Crippen molar-refractivity contribution in [1.29, 1.82) is 0 Å². The number of carbonyl (C=O) groups is 1. The normalized spacial score (nSPS) is 16.7. The van der Waals surface area contributed by atoms with Crippen molar-refractivity contribution in [3.8, 4) is 0 Å². The van der Waals surface area contributed by atoms with E-state index in [1.807, 2.05) is 19.1 Å². The van der Waals surface area contributed by atoms with Gasteiger partial charge in [-0.05, 0) is 44.9 Å². The molecule has 1 aromatic rings. The molecular formula is C16H26N4O. The first-order chi connectivity index (χ1) is 10.2. The Morgan fingerprint density at radius 2 is 2.10 bits per heavy atom. The second-order valence-corrected chi connectivity index (χ2v) is 5.55. The number of hydrogen-bond acceptors (Lipinski definition) is 4. The summed E-state index contributed by atoms with van der Waals surface area (Å²) in [7, 11) is 0. The molecule has 5 heteroatoms. The van der Waals surface area contributed by atoms with Crippen molar-refractivity contribution in [3.05, 3.63) is 23.9 Å². The van der Waals surface area contributed by atoms with Crippen molar-refractivity contribution < 1.29 is 4.79 Å². The average molecular weight is 290 g/mol. The van der Waals surface area contributed by atoms with E-state index in [1.165, 1.54) is 6.42 Å². The van der Waals surface area contributed by atoms with Crippen molar-refractivity contribution in [3.63, 3.8) is 0 Å². The number of nitrogens with one attached hydrogen (secondary N) is 2. The van der Waals surface area contributed by atoms with Gasteiger partial charge in [0, 0.05) is 31.9 Å². The summed E-state index contributed by atoms with van der Waals surface area (Å²) in [6, 6.07) is 3.97. The SMILES string of the molecule is CCCN1CCC(NC(=O)c2ccc(NCC)nc2)CC1. The van der Waals surface area contributed by atoms with E-state index >= 15 is 0 Å². The number of nitrogens with zero attached hydrogens (tertiary/aromatic N) is 2. The predicted molar refractivity (Wildman–Crippen MR) is 85.6 cm³/mol. The van der Waals surface area contributed by atoms with Crippen molar-refractivity contribution in [2.45, 2.75) is 39.2 Å². The Labute approximate surface area is 127 Å². The van der Waals surface area contributed by atoms with Crippen LogP contribution in [0.15, 0.2) is 18.3 Å². The lowest BCUT2D eigenvalue weighted by atomic mass is 10.0. The number of likely N-dealkylation sites (tertiary alicyclic amines) is 1.